The van der Waals surface area contributed by atoms with Crippen molar-refractivity contribution in [1.29, 1.82) is 0 Å². The van der Waals surface area contributed by atoms with Gasteiger partial charge >= 0.3 is 0 Å². The zero-order chi connectivity index (χ0) is 16.3. The Morgan fingerprint density at radius 2 is 1.95 bits per heavy atom. The average Bonchev–Trinajstić information content (AvgIpc) is 2.83. The monoisotopic (exact) mass is 323 g/mol. The summed E-state index contributed by atoms with van der Waals surface area (Å²) in [7, 11) is -2.41. The van der Waals surface area contributed by atoms with Crippen LogP contribution < -0.4 is 9.46 Å². The molecule has 0 spiro atoms. The Bertz CT molecular complexity index is 792. The van der Waals surface area contributed by atoms with Gasteiger partial charge < -0.3 is 9.15 Å². The Morgan fingerprint density at radius 3 is 2.50 bits per heavy atom. The highest BCUT2D eigenvalue weighted by Gasteiger charge is 2.19. The van der Waals surface area contributed by atoms with E-state index in [-0.39, 0.29) is 11.3 Å². The molecule has 22 heavy (non-hydrogen) atoms. The van der Waals surface area contributed by atoms with Crippen molar-refractivity contribution in [3.63, 3.8) is 0 Å². The summed E-state index contributed by atoms with van der Waals surface area (Å²) < 4.78 is 36.7. The number of benzene rings is 1. The van der Waals surface area contributed by atoms with E-state index in [2.05, 4.69) is 0 Å². The van der Waals surface area contributed by atoms with Crippen LogP contribution in [-0.4, -0.2) is 21.4 Å². The van der Waals surface area contributed by atoms with Crippen molar-refractivity contribution in [2.24, 2.45) is 0 Å². The molecule has 0 aliphatic rings. The highest BCUT2D eigenvalue weighted by Crippen LogP contribution is 2.21. The number of sulfonamides is 1. The van der Waals surface area contributed by atoms with Crippen molar-refractivity contribution < 1.29 is 22.4 Å². The lowest BCUT2D eigenvalue weighted by Crippen LogP contribution is -2.31. The van der Waals surface area contributed by atoms with Crippen LogP contribution in [0.5, 0.6) is 5.75 Å². The van der Waals surface area contributed by atoms with E-state index in [9.17, 15) is 13.2 Å². The second kappa shape index (κ2) is 6.23. The van der Waals surface area contributed by atoms with Crippen LogP contribution in [0.15, 0.2) is 39.6 Å². The van der Waals surface area contributed by atoms with E-state index in [4.69, 9.17) is 9.15 Å². The maximum Gasteiger partial charge on any atom is 0.264 e. The minimum Gasteiger partial charge on any atom is -0.496 e. The SMILES string of the molecule is COc1ccc(S(=O)(=O)NC(=O)Cc2ccc(C)o2)cc1C. The zero-order valence-electron chi connectivity index (χ0n) is 12.5. The van der Waals surface area contributed by atoms with Crippen LogP contribution in [0.2, 0.25) is 0 Å². The molecule has 1 amide bonds. The second-order valence-electron chi connectivity index (χ2n) is 4.85. The molecule has 2 rings (SSSR count). The van der Waals surface area contributed by atoms with E-state index in [0.29, 0.717) is 22.8 Å². The molecule has 1 aromatic carbocycles. The highest BCUT2D eigenvalue weighted by atomic mass is 32.2. The van der Waals surface area contributed by atoms with Crippen LogP contribution in [0, 0.1) is 13.8 Å². The third-order valence-electron chi connectivity index (χ3n) is 3.06. The average molecular weight is 323 g/mol. The molecule has 0 aliphatic carbocycles. The summed E-state index contributed by atoms with van der Waals surface area (Å²) in [5.74, 6) is 1.01. The first-order valence-electron chi connectivity index (χ1n) is 6.57. The minimum absolute atomic E-state index is 0.00905. The summed E-state index contributed by atoms with van der Waals surface area (Å²) >= 11 is 0. The van der Waals surface area contributed by atoms with Gasteiger partial charge in [0, 0.05) is 0 Å². The van der Waals surface area contributed by atoms with E-state index in [1.54, 1.807) is 32.0 Å². The lowest BCUT2D eigenvalue weighted by atomic mass is 10.2. The maximum absolute atomic E-state index is 12.2. The molecular weight excluding hydrogens is 306 g/mol. The molecule has 7 heteroatoms. The number of hydrogen-bond acceptors (Lipinski definition) is 5. The fourth-order valence-electron chi connectivity index (χ4n) is 2.00. The third kappa shape index (κ3) is 3.67. The number of ether oxygens (including phenoxy) is 1. The van der Waals surface area contributed by atoms with E-state index in [0.717, 1.165) is 0 Å². The van der Waals surface area contributed by atoms with Crippen molar-refractivity contribution in [2.75, 3.05) is 7.11 Å². The number of rotatable bonds is 5. The molecule has 0 atom stereocenters. The Morgan fingerprint density at radius 1 is 1.23 bits per heavy atom. The van der Waals surface area contributed by atoms with E-state index >= 15 is 0 Å². The molecule has 0 fully saturated rings. The zero-order valence-corrected chi connectivity index (χ0v) is 13.4. The number of nitrogens with one attached hydrogen (secondary N) is 1. The van der Waals surface area contributed by atoms with Crippen LogP contribution in [0.4, 0.5) is 0 Å². The second-order valence-corrected chi connectivity index (χ2v) is 6.53. The summed E-state index contributed by atoms with van der Waals surface area (Å²) in [5, 5.41) is 0. The number of furan rings is 1. The summed E-state index contributed by atoms with van der Waals surface area (Å²) in [5.41, 5.74) is 0.666. The molecule has 0 saturated carbocycles. The number of hydrogen-bond donors (Lipinski definition) is 1. The van der Waals surface area contributed by atoms with Gasteiger partial charge in [-0.25, -0.2) is 13.1 Å². The van der Waals surface area contributed by atoms with Crippen LogP contribution in [0.1, 0.15) is 17.1 Å². The molecule has 0 unspecified atom stereocenters. The number of amides is 1. The van der Waals surface area contributed by atoms with Gasteiger partial charge in [0.2, 0.25) is 5.91 Å². The van der Waals surface area contributed by atoms with Gasteiger partial charge in [-0.15, -0.1) is 0 Å². The van der Waals surface area contributed by atoms with Crippen LogP contribution in [-0.2, 0) is 21.2 Å². The number of aryl methyl sites for hydroxylation is 2. The maximum atomic E-state index is 12.2. The number of carbonyl (C=O) groups is 1. The largest absolute Gasteiger partial charge is 0.496 e. The normalized spacial score (nSPS) is 11.2. The smallest absolute Gasteiger partial charge is 0.264 e. The van der Waals surface area contributed by atoms with Gasteiger partial charge in [0.15, 0.2) is 0 Å². The van der Waals surface area contributed by atoms with E-state index in [1.807, 2.05) is 4.72 Å². The summed E-state index contributed by atoms with van der Waals surface area (Å²) in [6.45, 7) is 3.48. The molecule has 1 heterocycles. The molecule has 0 radical (unpaired) electrons. The molecule has 118 valence electrons. The quantitative estimate of drug-likeness (QED) is 0.909. The predicted octanol–water partition coefficient (Wildman–Crippen LogP) is 1.95. The van der Waals surface area contributed by atoms with Gasteiger partial charge in [-0.2, -0.15) is 0 Å². The van der Waals surface area contributed by atoms with Crippen molar-refractivity contribution in [2.45, 2.75) is 25.2 Å². The number of methoxy groups -OCH3 is 1. The highest BCUT2D eigenvalue weighted by molar-refractivity contribution is 7.90. The molecule has 0 bridgehead atoms. The minimum atomic E-state index is -3.92. The van der Waals surface area contributed by atoms with E-state index < -0.39 is 15.9 Å². The summed E-state index contributed by atoms with van der Waals surface area (Å²) in [4.78, 5) is 11.9. The summed E-state index contributed by atoms with van der Waals surface area (Å²) in [6.07, 6.45) is -0.137. The van der Waals surface area contributed by atoms with Crippen molar-refractivity contribution in [3.05, 3.63) is 47.4 Å². The van der Waals surface area contributed by atoms with Crippen LogP contribution >= 0.6 is 0 Å². The predicted molar refractivity (Wildman–Crippen MR) is 80.2 cm³/mol. The van der Waals surface area contributed by atoms with Crippen molar-refractivity contribution in [1.82, 2.24) is 4.72 Å². The third-order valence-corrected chi connectivity index (χ3v) is 4.43. The van der Waals surface area contributed by atoms with Gasteiger partial charge in [-0.1, -0.05) is 0 Å². The molecule has 2 aromatic rings. The van der Waals surface area contributed by atoms with E-state index in [1.165, 1.54) is 19.2 Å². The number of carbonyl (C=O) groups excluding carboxylic acids is 1. The summed E-state index contributed by atoms with van der Waals surface area (Å²) in [6, 6.07) is 7.73. The van der Waals surface area contributed by atoms with Gasteiger partial charge in [-0.05, 0) is 49.7 Å². The lowest BCUT2D eigenvalue weighted by Gasteiger charge is -2.09. The van der Waals surface area contributed by atoms with Crippen molar-refractivity contribution in [3.8, 4) is 5.75 Å². The van der Waals surface area contributed by atoms with Gasteiger partial charge in [0.25, 0.3) is 10.0 Å². The Hall–Kier alpha value is -2.28. The lowest BCUT2D eigenvalue weighted by molar-refractivity contribution is -0.118. The standard InChI is InChI=1S/C15H17NO5S/c1-10-8-13(6-7-14(10)20-3)22(18,19)16-15(17)9-12-5-4-11(2)21-12/h4-8H,9H2,1-3H3,(H,16,17). The molecule has 0 saturated heterocycles. The fraction of sp³-hybridized carbons (Fsp3) is 0.267. The first kappa shape index (κ1) is 16.1. The Kier molecular flexibility index (Phi) is 4.56. The topological polar surface area (TPSA) is 85.6 Å². The molecule has 1 aromatic heterocycles. The molecule has 0 aliphatic heterocycles. The van der Waals surface area contributed by atoms with Crippen LogP contribution in [0.3, 0.4) is 0 Å². The van der Waals surface area contributed by atoms with Gasteiger partial charge in [0.1, 0.15) is 17.3 Å². The Labute approximate surface area is 129 Å². The fourth-order valence-corrected chi connectivity index (χ4v) is 3.07. The Balaban J connectivity index is 2.13. The van der Waals surface area contributed by atoms with Gasteiger partial charge in [-0.3, -0.25) is 4.79 Å². The molecule has 6 nitrogen and oxygen atoms in total. The molecular formula is C15H17NO5S. The van der Waals surface area contributed by atoms with Crippen LogP contribution in [0.25, 0.3) is 0 Å². The van der Waals surface area contributed by atoms with Gasteiger partial charge in [0.05, 0.1) is 18.4 Å². The van der Waals surface area contributed by atoms with Crippen molar-refractivity contribution >= 4 is 15.9 Å². The first-order valence-corrected chi connectivity index (χ1v) is 8.06. The molecule has 1 N–H and O–H groups in total. The first-order chi connectivity index (χ1) is 10.3.